The first-order valence-corrected chi connectivity index (χ1v) is 6.68. The number of ether oxygens (including phenoxy) is 1. The first-order valence-electron chi connectivity index (χ1n) is 5.89. The number of carboxylic acids is 1. The minimum atomic E-state index is -1.04. The summed E-state index contributed by atoms with van der Waals surface area (Å²) in [6.07, 6.45) is -0.178. The van der Waals surface area contributed by atoms with Crippen molar-refractivity contribution in [1.82, 2.24) is 0 Å². The molecule has 1 N–H and O–H groups in total. The summed E-state index contributed by atoms with van der Waals surface area (Å²) < 4.78 is 5.93. The number of hydrogen-bond acceptors (Lipinski definition) is 3. The molecule has 0 aromatic heterocycles. The minimum absolute atomic E-state index is 0.178. The summed E-state index contributed by atoms with van der Waals surface area (Å²) >= 11 is 3.29. The summed E-state index contributed by atoms with van der Waals surface area (Å²) in [5.41, 5.74) is -0.0371. The molecule has 0 heterocycles. The number of aliphatic carboxylic acids is 1. The molecule has 5 heteroatoms. The van der Waals surface area contributed by atoms with E-state index in [2.05, 4.69) is 15.9 Å². The third kappa shape index (κ3) is 5.42. The van der Waals surface area contributed by atoms with E-state index in [1.807, 2.05) is 0 Å². The molecule has 0 amide bonds. The van der Waals surface area contributed by atoms with Gasteiger partial charge in [-0.05, 0) is 38.5 Å². The van der Waals surface area contributed by atoms with Gasteiger partial charge < -0.3 is 9.84 Å². The third-order valence-corrected chi connectivity index (χ3v) is 2.83. The van der Waals surface area contributed by atoms with E-state index in [1.165, 1.54) is 0 Å². The predicted octanol–water partition coefficient (Wildman–Crippen LogP) is 3.35. The van der Waals surface area contributed by atoms with Gasteiger partial charge in [-0.2, -0.15) is 0 Å². The van der Waals surface area contributed by atoms with Gasteiger partial charge in [0.2, 0.25) is 0 Å². The van der Waals surface area contributed by atoms with Crippen LogP contribution in [0.25, 0.3) is 0 Å². The van der Waals surface area contributed by atoms with Crippen LogP contribution in [-0.4, -0.2) is 22.6 Å². The van der Waals surface area contributed by atoms with E-state index in [1.54, 1.807) is 45.0 Å². The second-order valence-electron chi connectivity index (χ2n) is 5.24. The number of esters is 1. The van der Waals surface area contributed by atoms with Crippen molar-refractivity contribution in [2.24, 2.45) is 0 Å². The maximum absolute atomic E-state index is 11.7. The first kappa shape index (κ1) is 15.7. The van der Waals surface area contributed by atoms with E-state index >= 15 is 0 Å². The Bertz CT molecular complexity index is 477. The molecule has 104 valence electrons. The lowest BCUT2D eigenvalue weighted by molar-refractivity contribution is -0.158. The van der Waals surface area contributed by atoms with Crippen LogP contribution in [0.2, 0.25) is 0 Å². The number of carboxylic acid groups (broad SMARTS) is 1. The molecule has 0 spiro atoms. The third-order valence-electron chi connectivity index (χ3n) is 2.34. The van der Waals surface area contributed by atoms with Crippen molar-refractivity contribution in [3.63, 3.8) is 0 Å². The van der Waals surface area contributed by atoms with Crippen LogP contribution in [0, 0.1) is 0 Å². The molecule has 1 rings (SSSR count). The molecular formula is C14H17BrO4. The monoisotopic (exact) mass is 328 g/mol. The highest BCUT2D eigenvalue weighted by Gasteiger charge is 2.26. The van der Waals surface area contributed by atoms with Crippen molar-refractivity contribution >= 4 is 27.9 Å². The maximum atomic E-state index is 11.7. The van der Waals surface area contributed by atoms with Crippen LogP contribution in [0.3, 0.4) is 0 Å². The fourth-order valence-electron chi connectivity index (χ4n) is 1.62. The van der Waals surface area contributed by atoms with E-state index < -0.39 is 23.5 Å². The highest BCUT2D eigenvalue weighted by Crippen LogP contribution is 2.24. The van der Waals surface area contributed by atoms with Gasteiger partial charge in [0.15, 0.2) is 0 Å². The predicted molar refractivity (Wildman–Crippen MR) is 75.0 cm³/mol. The molecule has 0 fully saturated rings. The van der Waals surface area contributed by atoms with Gasteiger partial charge in [0.25, 0.3) is 0 Å². The van der Waals surface area contributed by atoms with Crippen LogP contribution < -0.4 is 0 Å². The summed E-state index contributed by atoms with van der Waals surface area (Å²) in [4.78, 5) is 23.0. The molecule has 0 saturated carbocycles. The Morgan fingerprint density at radius 1 is 1.37 bits per heavy atom. The highest BCUT2D eigenvalue weighted by atomic mass is 79.9. The quantitative estimate of drug-likeness (QED) is 0.861. The molecule has 0 aliphatic heterocycles. The molecule has 4 nitrogen and oxygen atoms in total. The molecule has 0 aliphatic carbocycles. The fourth-order valence-corrected chi connectivity index (χ4v) is 2.04. The summed E-state index contributed by atoms with van der Waals surface area (Å²) in [5.74, 6) is -2.45. The van der Waals surface area contributed by atoms with E-state index in [4.69, 9.17) is 4.74 Å². The second kappa shape index (κ2) is 6.19. The average molecular weight is 329 g/mol. The number of hydrogen-bond donors (Lipinski definition) is 1. The van der Waals surface area contributed by atoms with Gasteiger partial charge in [0, 0.05) is 4.47 Å². The number of carbonyl (C=O) groups is 2. The van der Waals surface area contributed by atoms with Crippen LogP contribution in [0.4, 0.5) is 0 Å². The van der Waals surface area contributed by atoms with E-state index in [-0.39, 0.29) is 6.42 Å². The molecule has 0 unspecified atom stereocenters. The Morgan fingerprint density at radius 3 is 2.47 bits per heavy atom. The van der Waals surface area contributed by atoms with Gasteiger partial charge in [-0.3, -0.25) is 9.59 Å². The molecule has 0 aliphatic rings. The lowest BCUT2D eigenvalue weighted by Gasteiger charge is -2.21. The molecular weight excluding hydrogens is 312 g/mol. The second-order valence-corrected chi connectivity index (χ2v) is 6.15. The molecule has 19 heavy (non-hydrogen) atoms. The van der Waals surface area contributed by atoms with Crippen molar-refractivity contribution in [2.75, 3.05) is 0 Å². The topological polar surface area (TPSA) is 63.6 Å². The van der Waals surface area contributed by atoms with Gasteiger partial charge in [-0.15, -0.1) is 0 Å². The Kier molecular flexibility index (Phi) is 5.11. The molecule has 1 atom stereocenters. The molecule has 1 aromatic carbocycles. The number of halogens is 1. The smallest absolute Gasteiger partial charge is 0.311 e. The van der Waals surface area contributed by atoms with E-state index in [0.29, 0.717) is 5.56 Å². The van der Waals surface area contributed by atoms with Crippen molar-refractivity contribution in [2.45, 2.75) is 38.7 Å². The number of carbonyl (C=O) groups excluding carboxylic acids is 1. The van der Waals surface area contributed by atoms with Gasteiger partial charge in [0.05, 0.1) is 12.3 Å². The zero-order chi connectivity index (χ0) is 14.6. The van der Waals surface area contributed by atoms with E-state index in [9.17, 15) is 14.7 Å². The van der Waals surface area contributed by atoms with Crippen LogP contribution in [-0.2, 0) is 14.3 Å². The van der Waals surface area contributed by atoms with Gasteiger partial charge in [-0.25, -0.2) is 0 Å². The standard InChI is InChI=1S/C14H17BrO4/c1-14(2,3)19-12(16)8-11(13(17)18)9-5-4-6-10(15)7-9/h4-7,11H,8H2,1-3H3,(H,17,18)/t11-/m0/s1. The largest absolute Gasteiger partial charge is 0.481 e. The van der Waals surface area contributed by atoms with Gasteiger partial charge in [0.1, 0.15) is 5.60 Å². The summed E-state index contributed by atoms with van der Waals surface area (Å²) in [7, 11) is 0. The Morgan fingerprint density at radius 2 is 2.00 bits per heavy atom. The van der Waals surface area contributed by atoms with Crippen LogP contribution in [0.1, 0.15) is 38.7 Å². The zero-order valence-electron chi connectivity index (χ0n) is 11.1. The molecule has 0 bridgehead atoms. The summed E-state index contributed by atoms with van der Waals surface area (Å²) in [5, 5.41) is 9.24. The Labute approximate surface area is 120 Å². The molecule has 0 radical (unpaired) electrons. The van der Waals surface area contributed by atoms with Crippen LogP contribution in [0.5, 0.6) is 0 Å². The van der Waals surface area contributed by atoms with Crippen molar-refractivity contribution in [3.05, 3.63) is 34.3 Å². The Balaban J connectivity index is 2.85. The fraction of sp³-hybridized carbons (Fsp3) is 0.429. The first-order chi connectivity index (χ1) is 8.69. The van der Waals surface area contributed by atoms with Gasteiger partial charge in [-0.1, -0.05) is 28.1 Å². The van der Waals surface area contributed by atoms with Crippen LogP contribution >= 0.6 is 15.9 Å². The van der Waals surface area contributed by atoms with Crippen molar-refractivity contribution in [3.8, 4) is 0 Å². The highest BCUT2D eigenvalue weighted by molar-refractivity contribution is 9.10. The Hall–Kier alpha value is -1.36. The number of benzene rings is 1. The molecule has 1 aromatic rings. The molecule has 0 saturated heterocycles. The van der Waals surface area contributed by atoms with Crippen molar-refractivity contribution in [1.29, 1.82) is 0 Å². The zero-order valence-corrected chi connectivity index (χ0v) is 12.7. The summed E-state index contributed by atoms with van der Waals surface area (Å²) in [6.45, 7) is 5.25. The SMILES string of the molecule is CC(C)(C)OC(=O)C[C@H](C(=O)O)c1cccc(Br)c1. The van der Waals surface area contributed by atoms with Gasteiger partial charge >= 0.3 is 11.9 Å². The normalized spacial score (nSPS) is 12.8. The maximum Gasteiger partial charge on any atom is 0.311 e. The average Bonchev–Trinajstić information content (AvgIpc) is 2.23. The lowest BCUT2D eigenvalue weighted by atomic mass is 9.96. The number of rotatable bonds is 4. The van der Waals surface area contributed by atoms with E-state index in [0.717, 1.165) is 4.47 Å². The van der Waals surface area contributed by atoms with Crippen LogP contribution in [0.15, 0.2) is 28.7 Å². The van der Waals surface area contributed by atoms with Crippen molar-refractivity contribution < 1.29 is 19.4 Å². The minimum Gasteiger partial charge on any atom is -0.481 e. The summed E-state index contributed by atoms with van der Waals surface area (Å²) in [6, 6.07) is 6.93. The lowest BCUT2D eigenvalue weighted by Crippen LogP contribution is -2.26.